The molecule has 2 rings (SSSR count). The van der Waals surface area contributed by atoms with Gasteiger partial charge in [-0.25, -0.2) is 0 Å². The summed E-state index contributed by atoms with van der Waals surface area (Å²) in [7, 11) is 1.16. The minimum Gasteiger partial charge on any atom is -0.494 e. The minimum atomic E-state index is -3.51. The van der Waals surface area contributed by atoms with E-state index in [-0.39, 0.29) is 14.6 Å². The van der Waals surface area contributed by atoms with Crippen LogP contribution in [0.1, 0.15) is 41.5 Å². The summed E-state index contributed by atoms with van der Waals surface area (Å²) in [5.74, 6) is -4.50. The molecule has 0 aromatic heterocycles. The summed E-state index contributed by atoms with van der Waals surface area (Å²) in [6, 6.07) is 2.02. The molecular formula is C16H24F4O2. The lowest BCUT2D eigenvalue weighted by Gasteiger charge is -2.32. The molecule has 0 saturated heterocycles. The fourth-order valence-corrected chi connectivity index (χ4v) is 2.58. The highest BCUT2D eigenvalue weighted by Crippen LogP contribution is 2.41. The van der Waals surface area contributed by atoms with Gasteiger partial charge in [0.2, 0.25) is 11.6 Å². The van der Waals surface area contributed by atoms with Gasteiger partial charge in [-0.15, -0.1) is 0 Å². The van der Waals surface area contributed by atoms with E-state index in [9.17, 15) is 17.6 Å². The van der Waals surface area contributed by atoms with Gasteiger partial charge in [-0.3, -0.25) is 0 Å². The number of ether oxygens (including phenoxy) is 2. The summed E-state index contributed by atoms with van der Waals surface area (Å²) in [6.07, 6.45) is -1.52. The van der Waals surface area contributed by atoms with Gasteiger partial charge in [-0.05, 0) is 30.9 Å². The molecule has 1 aliphatic rings. The number of rotatable bonds is 4. The van der Waals surface area contributed by atoms with E-state index >= 15 is 0 Å². The van der Waals surface area contributed by atoms with Crippen LogP contribution in [0.25, 0.3) is 0 Å². The first-order valence-corrected chi connectivity index (χ1v) is 6.94. The second kappa shape index (κ2) is 7.20. The number of halogens is 4. The number of methoxy groups -OCH3 is 1. The summed E-state index contributed by atoms with van der Waals surface area (Å²) in [6.45, 7) is 2.01. The third kappa shape index (κ3) is 3.84. The van der Waals surface area contributed by atoms with Gasteiger partial charge < -0.3 is 9.47 Å². The van der Waals surface area contributed by atoms with Gasteiger partial charge in [-0.1, -0.05) is 27.2 Å². The van der Waals surface area contributed by atoms with Gasteiger partial charge in [0, 0.05) is 1.43 Å². The fourth-order valence-electron chi connectivity index (χ4n) is 2.58. The van der Waals surface area contributed by atoms with Crippen LogP contribution in [-0.2, 0) is 0 Å². The van der Waals surface area contributed by atoms with E-state index in [4.69, 9.17) is 0 Å². The zero-order valence-electron chi connectivity index (χ0n) is 12.0. The molecule has 6 heteroatoms. The SMILES string of the molecule is C.COc1ccc(OC(F)(F)C2CCC(C)CC2)c(F)c1F.[HH]. The van der Waals surface area contributed by atoms with Crippen LogP contribution in [0.4, 0.5) is 17.6 Å². The summed E-state index contributed by atoms with van der Waals surface area (Å²) in [5, 5.41) is 0. The molecule has 1 fully saturated rings. The Balaban J connectivity index is 0.00000242. The predicted molar refractivity (Wildman–Crippen MR) is 78.5 cm³/mol. The maximum Gasteiger partial charge on any atom is 0.400 e. The highest BCUT2D eigenvalue weighted by molar-refractivity contribution is 5.35. The number of benzene rings is 1. The van der Waals surface area contributed by atoms with E-state index in [1.54, 1.807) is 0 Å². The molecule has 128 valence electrons. The molecule has 0 radical (unpaired) electrons. The Morgan fingerprint density at radius 3 is 2.09 bits per heavy atom. The van der Waals surface area contributed by atoms with Crippen LogP contribution in [0.2, 0.25) is 0 Å². The van der Waals surface area contributed by atoms with Crippen molar-refractivity contribution in [3.63, 3.8) is 0 Å². The molecule has 0 N–H and O–H groups in total. The highest BCUT2D eigenvalue weighted by Gasteiger charge is 2.44. The largest absolute Gasteiger partial charge is 0.494 e. The van der Waals surface area contributed by atoms with Gasteiger partial charge >= 0.3 is 6.11 Å². The molecule has 0 aliphatic heterocycles. The third-order valence-corrected chi connectivity index (χ3v) is 3.97. The van der Waals surface area contributed by atoms with Crippen molar-refractivity contribution in [3.8, 4) is 11.5 Å². The molecule has 0 bridgehead atoms. The Hall–Kier alpha value is -1.46. The maximum atomic E-state index is 14.1. The second-order valence-corrected chi connectivity index (χ2v) is 5.51. The Bertz CT molecular complexity index is 503. The summed E-state index contributed by atoms with van der Waals surface area (Å²) in [5.41, 5.74) is 0. The number of hydrogen-bond acceptors (Lipinski definition) is 2. The molecule has 1 aliphatic carbocycles. The monoisotopic (exact) mass is 324 g/mol. The Morgan fingerprint density at radius 1 is 1.05 bits per heavy atom. The third-order valence-electron chi connectivity index (χ3n) is 3.97. The van der Waals surface area contributed by atoms with Crippen LogP contribution in [0.15, 0.2) is 12.1 Å². The highest BCUT2D eigenvalue weighted by atomic mass is 19.3. The Morgan fingerprint density at radius 2 is 1.55 bits per heavy atom. The second-order valence-electron chi connectivity index (χ2n) is 5.51. The normalized spacial score (nSPS) is 21.9. The van der Waals surface area contributed by atoms with E-state index in [2.05, 4.69) is 9.47 Å². The number of alkyl halides is 2. The van der Waals surface area contributed by atoms with Crippen molar-refractivity contribution in [1.29, 1.82) is 0 Å². The topological polar surface area (TPSA) is 18.5 Å². The molecule has 0 unspecified atom stereocenters. The molecule has 2 nitrogen and oxygen atoms in total. The van der Waals surface area contributed by atoms with Crippen LogP contribution in [-0.4, -0.2) is 13.2 Å². The standard InChI is InChI=1S/C15H18F4O2.CH4.H2/c1-9-3-5-10(6-4-9)15(18,19)21-12-8-7-11(20-2)13(16)14(12)17;;/h7-10H,3-6H2,1-2H3;1H4;1H. The lowest BCUT2D eigenvalue weighted by Crippen LogP contribution is -2.37. The van der Waals surface area contributed by atoms with E-state index in [0.717, 1.165) is 19.2 Å². The average Bonchev–Trinajstić information content (AvgIpc) is 2.44. The van der Waals surface area contributed by atoms with Gasteiger partial charge in [0.15, 0.2) is 11.5 Å². The van der Waals surface area contributed by atoms with E-state index in [1.165, 1.54) is 0 Å². The molecule has 0 amide bonds. The predicted octanol–water partition coefficient (Wildman–Crippen LogP) is 5.65. The smallest absolute Gasteiger partial charge is 0.400 e. The Kier molecular flexibility index (Phi) is 6.08. The van der Waals surface area contributed by atoms with Crippen molar-refractivity contribution >= 4 is 0 Å². The van der Waals surface area contributed by atoms with Crippen LogP contribution >= 0.6 is 0 Å². The summed E-state index contributed by atoms with van der Waals surface area (Å²) >= 11 is 0. The van der Waals surface area contributed by atoms with Crippen molar-refractivity contribution in [1.82, 2.24) is 0 Å². The molecule has 0 heterocycles. The Labute approximate surface area is 129 Å². The lowest BCUT2D eigenvalue weighted by atomic mass is 9.82. The lowest BCUT2D eigenvalue weighted by molar-refractivity contribution is -0.224. The van der Waals surface area contributed by atoms with Crippen LogP contribution in [0.5, 0.6) is 11.5 Å². The van der Waals surface area contributed by atoms with E-state index in [0.29, 0.717) is 31.6 Å². The zero-order valence-corrected chi connectivity index (χ0v) is 12.0. The molecular weight excluding hydrogens is 300 g/mol. The zero-order chi connectivity index (χ0) is 15.6. The summed E-state index contributed by atoms with van der Waals surface area (Å²) < 4.78 is 64.4. The number of hydrogen-bond donors (Lipinski definition) is 0. The molecule has 0 atom stereocenters. The van der Waals surface area contributed by atoms with Crippen molar-refractivity contribution in [2.45, 2.75) is 46.1 Å². The van der Waals surface area contributed by atoms with Crippen LogP contribution in [0.3, 0.4) is 0 Å². The van der Waals surface area contributed by atoms with Gasteiger partial charge in [0.05, 0.1) is 13.0 Å². The van der Waals surface area contributed by atoms with Gasteiger partial charge in [0.25, 0.3) is 0 Å². The molecule has 1 aromatic carbocycles. The first-order valence-electron chi connectivity index (χ1n) is 6.94. The quantitative estimate of drug-likeness (QED) is 0.666. The van der Waals surface area contributed by atoms with Crippen LogP contribution in [0, 0.1) is 23.5 Å². The van der Waals surface area contributed by atoms with Crippen molar-refractivity contribution in [3.05, 3.63) is 23.8 Å². The van der Waals surface area contributed by atoms with Gasteiger partial charge in [0.1, 0.15) is 0 Å². The minimum absolute atomic E-state index is 0. The van der Waals surface area contributed by atoms with Crippen molar-refractivity contribution in [2.75, 3.05) is 7.11 Å². The first kappa shape index (κ1) is 18.6. The van der Waals surface area contributed by atoms with Crippen molar-refractivity contribution in [2.24, 2.45) is 11.8 Å². The molecule has 1 saturated carbocycles. The van der Waals surface area contributed by atoms with Crippen LogP contribution < -0.4 is 9.47 Å². The summed E-state index contributed by atoms with van der Waals surface area (Å²) in [4.78, 5) is 0. The van der Waals surface area contributed by atoms with Gasteiger partial charge in [-0.2, -0.15) is 17.6 Å². The molecule has 0 spiro atoms. The van der Waals surface area contributed by atoms with E-state index in [1.807, 2.05) is 6.92 Å². The molecule has 22 heavy (non-hydrogen) atoms. The van der Waals surface area contributed by atoms with E-state index < -0.39 is 29.4 Å². The first-order chi connectivity index (χ1) is 9.85. The fraction of sp³-hybridized carbons (Fsp3) is 0.625. The average molecular weight is 324 g/mol. The molecule has 1 aromatic rings. The van der Waals surface area contributed by atoms with Crippen molar-refractivity contribution < 1.29 is 28.5 Å². The maximum absolute atomic E-state index is 14.1.